The second-order valence-electron chi connectivity index (χ2n) is 4.55. The third kappa shape index (κ3) is 3.40. The third-order valence-electron chi connectivity index (χ3n) is 3.09. The number of halogens is 3. The molecule has 5 nitrogen and oxygen atoms in total. The average molecular weight is 302 g/mol. The molecule has 0 spiro atoms. The summed E-state index contributed by atoms with van der Waals surface area (Å²) in [7, 11) is -5.83. The molecule has 0 fully saturated rings. The fourth-order valence-electron chi connectivity index (χ4n) is 1.72. The number of carboxylic acid groups (broad SMARTS) is 1. The van der Waals surface area contributed by atoms with Crippen molar-refractivity contribution in [3.63, 3.8) is 0 Å². The van der Waals surface area contributed by atoms with Gasteiger partial charge in [-0.3, -0.25) is 0 Å². The maximum atomic E-state index is 12.2. The Kier molecular flexibility index (Phi) is 4.18. The standard InChI is InChI=1S/C10H13F3O5S/c1-5-3-7(9(14)15)8(4-6(5)2)18-19(16,17)10(11,12)13/h5-6H,3-4H2,1-2H3,(H,14,15). The maximum Gasteiger partial charge on any atom is 0.534 e. The van der Waals surface area contributed by atoms with Crippen LogP contribution < -0.4 is 0 Å². The molecule has 0 saturated carbocycles. The second-order valence-corrected chi connectivity index (χ2v) is 6.09. The first-order valence-corrected chi connectivity index (χ1v) is 6.82. The summed E-state index contributed by atoms with van der Waals surface area (Å²) in [5, 5.41) is 8.90. The normalized spacial score (nSPS) is 25.3. The summed E-state index contributed by atoms with van der Waals surface area (Å²) in [6.07, 6.45) is -0.183. The van der Waals surface area contributed by atoms with E-state index in [-0.39, 0.29) is 24.7 Å². The Morgan fingerprint density at radius 3 is 2.16 bits per heavy atom. The molecular weight excluding hydrogens is 289 g/mol. The number of hydrogen-bond donors (Lipinski definition) is 1. The van der Waals surface area contributed by atoms with E-state index < -0.39 is 32.9 Å². The molecule has 1 aliphatic rings. The first kappa shape index (κ1) is 15.8. The van der Waals surface area contributed by atoms with Crippen LogP contribution in [0.2, 0.25) is 0 Å². The Morgan fingerprint density at radius 1 is 1.26 bits per heavy atom. The lowest BCUT2D eigenvalue weighted by atomic mass is 9.81. The molecule has 2 unspecified atom stereocenters. The van der Waals surface area contributed by atoms with Gasteiger partial charge in [-0.1, -0.05) is 13.8 Å². The quantitative estimate of drug-likeness (QED) is 0.639. The van der Waals surface area contributed by atoms with Gasteiger partial charge in [-0.25, -0.2) is 4.79 Å². The molecule has 19 heavy (non-hydrogen) atoms. The van der Waals surface area contributed by atoms with Gasteiger partial charge < -0.3 is 9.29 Å². The summed E-state index contributed by atoms with van der Waals surface area (Å²) >= 11 is 0. The third-order valence-corrected chi connectivity index (χ3v) is 4.08. The van der Waals surface area contributed by atoms with Crippen LogP contribution in [0, 0.1) is 11.8 Å². The molecule has 0 aromatic rings. The van der Waals surface area contributed by atoms with Gasteiger partial charge in [-0.2, -0.15) is 21.6 Å². The van der Waals surface area contributed by atoms with E-state index in [1.807, 2.05) is 0 Å². The molecule has 110 valence electrons. The summed E-state index contributed by atoms with van der Waals surface area (Å²) in [6.45, 7) is 3.43. The van der Waals surface area contributed by atoms with E-state index in [9.17, 15) is 26.4 Å². The zero-order valence-electron chi connectivity index (χ0n) is 10.2. The molecule has 0 aliphatic heterocycles. The highest BCUT2D eigenvalue weighted by atomic mass is 32.2. The van der Waals surface area contributed by atoms with Crippen LogP contribution in [-0.2, 0) is 19.1 Å². The van der Waals surface area contributed by atoms with E-state index in [0.29, 0.717) is 0 Å². The van der Waals surface area contributed by atoms with Crippen molar-refractivity contribution >= 4 is 16.1 Å². The first-order valence-electron chi connectivity index (χ1n) is 5.41. The van der Waals surface area contributed by atoms with Crippen LogP contribution >= 0.6 is 0 Å². The molecular formula is C10H13F3O5S. The van der Waals surface area contributed by atoms with Gasteiger partial charge in [0.2, 0.25) is 0 Å². The van der Waals surface area contributed by atoms with E-state index in [0.717, 1.165) is 0 Å². The van der Waals surface area contributed by atoms with E-state index in [1.54, 1.807) is 13.8 Å². The minimum absolute atomic E-state index is 0.0286. The van der Waals surface area contributed by atoms with Crippen molar-refractivity contribution in [1.29, 1.82) is 0 Å². The van der Waals surface area contributed by atoms with Gasteiger partial charge in [0.25, 0.3) is 0 Å². The van der Waals surface area contributed by atoms with Gasteiger partial charge in [0.05, 0.1) is 5.57 Å². The molecule has 0 bridgehead atoms. The predicted octanol–water partition coefficient (Wildman–Crippen LogP) is 2.26. The number of rotatable bonds is 3. The van der Waals surface area contributed by atoms with Crippen LogP contribution in [0.1, 0.15) is 26.7 Å². The van der Waals surface area contributed by atoms with E-state index in [2.05, 4.69) is 4.18 Å². The van der Waals surface area contributed by atoms with Crippen LogP contribution in [0.3, 0.4) is 0 Å². The summed E-state index contributed by atoms with van der Waals surface area (Å²) in [5.74, 6) is -2.34. The molecule has 0 aromatic heterocycles. The summed E-state index contributed by atoms with van der Waals surface area (Å²) in [5.41, 5.74) is -5.99. The first-order chi connectivity index (χ1) is 8.45. The number of hydrogen-bond acceptors (Lipinski definition) is 4. The zero-order valence-corrected chi connectivity index (χ0v) is 11.0. The van der Waals surface area contributed by atoms with E-state index >= 15 is 0 Å². The van der Waals surface area contributed by atoms with Crippen LogP contribution in [-0.4, -0.2) is 25.0 Å². The Bertz CT molecular complexity index is 506. The summed E-state index contributed by atoms with van der Waals surface area (Å²) in [4.78, 5) is 10.9. The van der Waals surface area contributed by atoms with Crippen molar-refractivity contribution in [1.82, 2.24) is 0 Å². The van der Waals surface area contributed by atoms with Crippen molar-refractivity contribution in [2.45, 2.75) is 32.2 Å². The van der Waals surface area contributed by atoms with E-state index in [4.69, 9.17) is 5.11 Å². The van der Waals surface area contributed by atoms with Gasteiger partial charge in [-0.05, 0) is 18.3 Å². The molecule has 1 rings (SSSR count). The van der Waals surface area contributed by atoms with Crippen molar-refractivity contribution < 1.29 is 35.7 Å². The lowest BCUT2D eigenvalue weighted by Crippen LogP contribution is -2.29. The SMILES string of the molecule is CC1CC(OS(=O)(=O)C(F)(F)F)=C(C(=O)O)CC1C. The monoisotopic (exact) mass is 302 g/mol. The molecule has 9 heteroatoms. The molecule has 0 radical (unpaired) electrons. The molecule has 0 saturated heterocycles. The molecule has 0 heterocycles. The number of alkyl halides is 3. The highest BCUT2D eigenvalue weighted by Crippen LogP contribution is 2.37. The lowest BCUT2D eigenvalue weighted by Gasteiger charge is -2.28. The molecule has 0 aromatic carbocycles. The molecule has 1 aliphatic carbocycles. The minimum atomic E-state index is -5.83. The zero-order chi connectivity index (χ0) is 15.0. The lowest BCUT2D eigenvalue weighted by molar-refractivity contribution is -0.133. The van der Waals surface area contributed by atoms with Crippen LogP contribution in [0.4, 0.5) is 13.2 Å². The number of carboxylic acids is 1. The van der Waals surface area contributed by atoms with Gasteiger partial charge in [0.1, 0.15) is 5.76 Å². The Balaban J connectivity index is 3.15. The van der Waals surface area contributed by atoms with Crippen molar-refractivity contribution in [2.75, 3.05) is 0 Å². The van der Waals surface area contributed by atoms with Gasteiger partial charge in [0.15, 0.2) is 0 Å². The molecule has 0 amide bonds. The van der Waals surface area contributed by atoms with Crippen LogP contribution in [0.5, 0.6) is 0 Å². The predicted molar refractivity (Wildman–Crippen MR) is 58.3 cm³/mol. The number of aliphatic carboxylic acids is 1. The highest BCUT2D eigenvalue weighted by Gasteiger charge is 2.49. The fraction of sp³-hybridized carbons (Fsp3) is 0.700. The summed E-state index contributed by atoms with van der Waals surface area (Å²) < 4.78 is 62.4. The van der Waals surface area contributed by atoms with Gasteiger partial charge >= 0.3 is 21.6 Å². The van der Waals surface area contributed by atoms with Gasteiger partial charge in [0, 0.05) is 6.42 Å². The van der Waals surface area contributed by atoms with Crippen molar-refractivity contribution in [3.05, 3.63) is 11.3 Å². The van der Waals surface area contributed by atoms with Gasteiger partial charge in [-0.15, -0.1) is 0 Å². The fourth-order valence-corrected chi connectivity index (χ4v) is 2.25. The van der Waals surface area contributed by atoms with E-state index in [1.165, 1.54) is 0 Å². The molecule has 2 atom stereocenters. The van der Waals surface area contributed by atoms with Crippen LogP contribution in [0.15, 0.2) is 11.3 Å². The maximum absolute atomic E-state index is 12.2. The Hall–Kier alpha value is -1.25. The Labute approximate surface area is 108 Å². The summed E-state index contributed by atoms with van der Waals surface area (Å²) in [6, 6.07) is 0. The smallest absolute Gasteiger partial charge is 0.478 e. The Morgan fingerprint density at radius 2 is 1.74 bits per heavy atom. The number of carbonyl (C=O) groups is 1. The second kappa shape index (κ2) is 5.03. The van der Waals surface area contributed by atoms with Crippen LogP contribution in [0.25, 0.3) is 0 Å². The van der Waals surface area contributed by atoms with Crippen molar-refractivity contribution in [2.24, 2.45) is 11.8 Å². The highest BCUT2D eigenvalue weighted by molar-refractivity contribution is 7.87. The minimum Gasteiger partial charge on any atom is -0.478 e. The topological polar surface area (TPSA) is 80.7 Å². The molecule has 1 N–H and O–H groups in total. The average Bonchev–Trinajstić information content (AvgIpc) is 2.20. The largest absolute Gasteiger partial charge is 0.534 e. The van der Waals surface area contributed by atoms with Crippen molar-refractivity contribution in [3.8, 4) is 0 Å². The number of allylic oxidation sites excluding steroid dienone is 1.